The molecule has 11 rings (SSSR count). The van der Waals surface area contributed by atoms with E-state index in [1.807, 2.05) is 29.5 Å². The van der Waals surface area contributed by atoms with Crippen molar-refractivity contribution in [3.63, 3.8) is 0 Å². The molecule has 2 aromatic heterocycles. The molecule has 0 unspecified atom stereocenters. The molecule has 0 bridgehead atoms. The lowest BCUT2D eigenvalue weighted by Crippen LogP contribution is -1.96. The van der Waals surface area contributed by atoms with E-state index in [9.17, 15) is 0 Å². The van der Waals surface area contributed by atoms with Crippen LogP contribution in [0.15, 0.2) is 194 Å². The van der Waals surface area contributed by atoms with Crippen LogP contribution in [0.25, 0.3) is 109 Å². The van der Waals surface area contributed by atoms with Gasteiger partial charge >= 0.3 is 0 Å². The first-order valence-corrected chi connectivity index (χ1v) is 19.5. The van der Waals surface area contributed by atoms with E-state index in [2.05, 4.69) is 176 Å². The fourth-order valence-corrected chi connectivity index (χ4v) is 9.31. The molecule has 0 radical (unpaired) electrons. The van der Waals surface area contributed by atoms with E-state index in [-0.39, 0.29) is 0 Å². The summed E-state index contributed by atoms with van der Waals surface area (Å²) in [6, 6.07) is 69.8. The van der Waals surface area contributed by atoms with Crippen molar-refractivity contribution in [1.29, 1.82) is 0 Å². The summed E-state index contributed by atoms with van der Waals surface area (Å²) in [5, 5.41) is 10.1. The van der Waals surface area contributed by atoms with Gasteiger partial charge in [-0.05, 0) is 84.9 Å². The summed E-state index contributed by atoms with van der Waals surface area (Å²) < 4.78 is 2.63. The Bertz CT molecular complexity index is 3250. The Kier molecular flexibility index (Phi) is 7.39. The van der Waals surface area contributed by atoms with Crippen LogP contribution in [0, 0.1) is 0 Å². The molecule has 0 saturated carbocycles. The first kappa shape index (κ1) is 31.6. The molecule has 0 spiro atoms. The minimum absolute atomic E-state index is 0.708. The summed E-state index contributed by atoms with van der Waals surface area (Å²) in [6.45, 7) is 0. The molecule has 0 fully saturated rings. The molecule has 0 aliphatic rings. The van der Waals surface area contributed by atoms with Gasteiger partial charge in [0, 0.05) is 36.9 Å². The van der Waals surface area contributed by atoms with Crippen LogP contribution in [0.4, 0.5) is 0 Å². The topological polar surface area (TPSA) is 25.8 Å². The van der Waals surface area contributed by atoms with Crippen molar-refractivity contribution in [2.75, 3.05) is 0 Å². The number of thiophene rings is 1. The Balaban J connectivity index is 1.03. The molecule has 0 atom stereocenters. The van der Waals surface area contributed by atoms with Crippen LogP contribution in [-0.4, -0.2) is 9.97 Å². The van der Waals surface area contributed by atoms with E-state index in [1.165, 1.54) is 69.2 Å². The molecule has 256 valence electrons. The second kappa shape index (κ2) is 12.9. The largest absolute Gasteiger partial charge is 0.228 e. The number of rotatable bonds is 5. The molecule has 2 heterocycles. The Morgan fingerprint density at radius 2 is 0.909 bits per heavy atom. The fraction of sp³-hybridized carbons (Fsp3) is 0. The molecule has 11 aromatic rings. The molecule has 3 heteroatoms. The van der Waals surface area contributed by atoms with E-state index in [4.69, 9.17) is 9.97 Å². The normalized spacial score (nSPS) is 11.6. The number of aromatic nitrogens is 2. The monoisotopic (exact) mass is 716 g/mol. The van der Waals surface area contributed by atoms with Gasteiger partial charge in [0.25, 0.3) is 0 Å². The van der Waals surface area contributed by atoms with Crippen LogP contribution in [0.1, 0.15) is 0 Å². The number of nitrogens with zero attached hydrogens (tertiary/aromatic N) is 2. The Morgan fingerprint density at radius 3 is 1.76 bits per heavy atom. The average molecular weight is 717 g/mol. The van der Waals surface area contributed by atoms with Gasteiger partial charge in [0.05, 0.1) is 11.4 Å². The molecule has 0 amide bonds. The lowest BCUT2D eigenvalue weighted by atomic mass is 9.89. The number of benzene rings is 9. The maximum atomic E-state index is 5.20. The summed E-state index contributed by atoms with van der Waals surface area (Å²) in [4.78, 5) is 10.4. The van der Waals surface area contributed by atoms with Crippen LogP contribution in [0.3, 0.4) is 0 Å². The van der Waals surface area contributed by atoms with Crippen LogP contribution < -0.4 is 0 Å². The van der Waals surface area contributed by atoms with Crippen LogP contribution >= 0.6 is 11.3 Å². The highest BCUT2D eigenvalue weighted by Crippen LogP contribution is 2.41. The maximum absolute atomic E-state index is 5.20. The molecule has 0 aliphatic heterocycles. The molecule has 55 heavy (non-hydrogen) atoms. The van der Waals surface area contributed by atoms with Crippen molar-refractivity contribution in [3.8, 4) is 56.2 Å². The van der Waals surface area contributed by atoms with Gasteiger partial charge in [-0.1, -0.05) is 164 Å². The minimum Gasteiger partial charge on any atom is -0.228 e. The first-order chi connectivity index (χ1) is 27.2. The van der Waals surface area contributed by atoms with Crippen LogP contribution in [-0.2, 0) is 0 Å². The number of hydrogen-bond donors (Lipinski definition) is 0. The van der Waals surface area contributed by atoms with Crippen molar-refractivity contribution in [3.05, 3.63) is 194 Å². The fourth-order valence-electron chi connectivity index (χ4n) is 8.16. The molecule has 0 N–H and O–H groups in total. The third kappa shape index (κ3) is 5.48. The number of fused-ring (bicyclic) bond motifs is 7. The molecule has 9 aromatic carbocycles. The predicted molar refractivity (Wildman–Crippen MR) is 235 cm³/mol. The van der Waals surface area contributed by atoms with Crippen molar-refractivity contribution in [1.82, 2.24) is 9.97 Å². The summed E-state index contributed by atoms with van der Waals surface area (Å²) in [7, 11) is 0. The quantitative estimate of drug-likeness (QED) is 0.131. The van der Waals surface area contributed by atoms with E-state index in [0.29, 0.717) is 5.82 Å². The summed E-state index contributed by atoms with van der Waals surface area (Å²) >= 11 is 1.85. The van der Waals surface area contributed by atoms with Gasteiger partial charge in [0.15, 0.2) is 5.82 Å². The van der Waals surface area contributed by atoms with E-state index in [0.717, 1.165) is 33.6 Å². The zero-order valence-corrected chi connectivity index (χ0v) is 30.6. The first-order valence-electron chi connectivity index (χ1n) is 18.6. The van der Waals surface area contributed by atoms with E-state index >= 15 is 0 Å². The summed E-state index contributed by atoms with van der Waals surface area (Å²) in [6.07, 6.45) is 0. The highest BCUT2D eigenvalue weighted by atomic mass is 32.1. The molecular formula is C52H32N2S. The van der Waals surface area contributed by atoms with Gasteiger partial charge in [-0.2, -0.15) is 0 Å². The zero-order valence-electron chi connectivity index (χ0n) is 29.8. The van der Waals surface area contributed by atoms with Crippen LogP contribution in [0.5, 0.6) is 0 Å². The maximum Gasteiger partial charge on any atom is 0.160 e. The van der Waals surface area contributed by atoms with Gasteiger partial charge in [-0.25, -0.2) is 9.97 Å². The van der Waals surface area contributed by atoms with Crippen LogP contribution in [0.2, 0.25) is 0 Å². The predicted octanol–water partition coefficient (Wildman–Crippen LogP) is 14.6. The average Bonchev–Trinajstić information content (AvgIpc) is 3.64. The van der Waals surface area contributed by atoms with Gasteiger partial charge < -0.3 is 0 Å². The lowest BCUT2D eigenvalue weighted by Gasteiger charge is -2.15. The second-order valence-corrected chi connectivity index (χ2v) is 15.2. The standard InChI is InChI=1S/C52H32N2S/c1-2-12-36(13-3-1)52-53-47(35-23-21-33(22-24-35)37-26-27-44-43-19-8-9-20-49(43)55-50(44)31-37)32-48(54-52)39-15-10-16-40(29-39)51-42-18-7-5-14-38(42)30-46-41-17-6-4-11-34(41)25-28-45(46)51/h1-32H. The van der Waals surface area contributed by atoms with Gasteiger partial charge in [0.1, 0.15) is 0 Å². The van der Waals surface area contributed by atoms with Crippen molar-refractivity contribution >= 4 is 63.8 Å². The Hall–Kier alpha value is -6.94. The summed E-state index contributed by atoms with van der Waals surface area (Å²) in [5.74, 6) is 0.708. The second-order valence-electron chi connectivity index (χ2n) is 14.1. The van der Waals surface area contributed by atoms with Crippen molar-refractivity contribution in [2.45, 2.75) is 0 Å². The smallest absolute Gasteiger partial charge is 0.160 e. The van der Waals surface area contributed by atoms with Gasteiger partial charge in [-0.3, -0.25) is 0 Å². The molecule has 2 nitrogen and oxygen atoms in total. The van der Waals surface area contributed by atoms with Gasteiger partial charge in [-0.15, -0.1) is 11.3 Å². The van der Waals surface area contributed by atoms with E-state index in [1.54, 1.807) is 0 Å². The highest BCUT2D eigenvalue weighted by molar-refractivity contribution is 7.25. The highest BCUT2D eigenvalue weighted by Gasteiger charge is 2.16. The Labute approximate surface area is 322 Å². The molecule has 0 aliphatic carbocycles. The SMILES string of the molecule is c1ccc(-c2nc(-c3ccc(-c4ccc5c(c4)sc4ccccc45)cc3)cc(-c3cccc(-c4c5ccccc5cc5c4ccc4ccccc45)c3)n2)cc1. The molecule has 0 saturated heterocycles. The van der Waals surface area contributed by atoms with Crippen molar-refractivity contribution < 1.29 is 0 Å². The minimum atomic E-state index is 0.708. The van der Waals surface area contributed by atoms with Gasteiger partial charge in [0.2, 0.25) is 0 Å². The third-order valence-corrected chi connectivity index (χ3v) is 12.0. The third-order valence-electron chi connectivity index (χ3n) is 10.9. The van der Waals surface area contributed by atoms with Crippen molar-refractivity contribution in [2.24, 2.45) is 0 Å². The summed E-state index contributed by atoms with van der Waals surface area (Å²) in [5.41, 5.74) is 9.67. The Morgan fingerprint density at radius 1 is 0.291 bits per heavy atom. The van der Waals surface area contributed by atoms with E-state index < -0.39 is 0 Å². The molecular weight excluding hydrogens is 685 g/mol. The number of hydrogen-bond acceptors (Lipinski definition) is 3. The zero-order chi connectivity index (χ0) is 36.3. The lowest BCUT2D eigenvalue weighted by molar-refractivity contribution is 1.18.